The maximum absolute atomic E-state index is 10.9. The van der Waals surface area contributed by atoms with Crippen LogP contribution < -0.4 is 5.32 Å². The number of aliphatic carboxylic acids is 2. The van der Waals surface area contributed by atoms with Gasteiger partial charge in [-0.15, -0.1) is 0 Å². The average Bonchev–Trinajstić information content (AvgIpc) is 2.19. The van der Waals surface area contributed by atoms with Gasteiger partial charge in [0, 0.05) is 25.1 Å². The fourth-order valence-electron chi connectivity index (χ4n) is 0.995. The molecule has 0 saturated heterocycles. The van der Waals surface area contributed by atoms with Crippen molar-refractivity contribution in [3.8, 4) is 0 Å². The van der Waals surface area contributed by atoms with Crippen LogP contribution in [0.5, 0.6) is 0 Å². The second-order valence-electron chi connectivity index (χ2n) is 3.17. The van der Waals surface area contributed by atoms with E-state index >= 15 is 0 Å². The lowest BCUT2D eigenvalue weighted by Crippen LogP contribution is -2.22. The second kappa shape index (κ2) is 8.46. The highest BCUT2D eigenvalue weighted by Crippen LogP contribution is 1.98. The van der Waals surface area contributed by atoms with Crippen LogP contribution in [0.3, 0.4) is 0 Å². The van der Waals surface area contributed by atoms with E-state index in [-0.39, 0.29) is 6.42 Å². The molecular weight excluding hydrogens is 214 g/mol. The van der Waals surface area contributed by atoms with Crippen LogP contribution in [0.25, 0.3) is 0 Å². The third-order valence-corrected chi connectivity index (χ3v) is 1.74. The topological polar surface area (TPSA) is 104 Å². The molecule has 0 aliphatic carbocycles. The van der Waals surface area contributed by atoms with Crippen molar-refractivity contribution < 1.29 is 24.6 Å². The highest BCUT2D eigenvalue weighted by atomic mass is 16.4. The SMILES string of the molecule is O=C(O)/C=C\C(=O)NCCCCCC(=O)O. The molecule has 6 heteroatoms. The van der Waals surface area contributed by atoms with Gasteiger partial charge in [-0.3, -0.25) is 9.59 Å². The van der Waals surface area contributed by atoms with E-state index in [1.165, 1.54) is 0 Å². The number of carboxylic acids is 2. The summed E-state index contributed by atoms with van der Waals surface area (Å²) in [4.78, 5) is 31.1. The number of nitrogens with one attached hydrogen (secondary N) is 1. The summed E-state index contributed by atoms with van der Waals surface area (Å²) in [5.41, 5.74) is 0. The number of hydrogen-bond donors (Lipinski definition) is 3. The minimum Gasteiger partial charge on any atom is -0.481 e. The summed E-state index contributed by atoms with van der Waals surface area (Å²) in [6.07, 6.45) is 3.82. The molecule has 3 N–H and O–H groups in total. The summed E-state index contributed by atoms with van der Waals surface area (Å²) in [7, 11) is 0. The van der Waals surface area contributed by atoms with Crippen molar-refractivity contribution in [2.75, 3.05) is 6.54 Å². The highest BCUT2D eigenvalue weighted by Gasteiger charge is 1.98. The van der Waals surface area contributed by atoms with E-state index in [9.17, 15) is 14.4 Å². The summed E-state index contributed by atoms with van der Waals surface area (Å²) in [5.74, 6) is -2.45. The van der Waals surface area contributed by atoms with Crippen molar-refractivity contribution in [1.29, 1.82) is 0 Å². The number of rotatable bonds is 8. The van der Waals surface area contributed by atoms with Gasteiger partial charge in [-0.25, -0.2) is 4.79 Å². The van der Waals surface area contributed by atoms with Crippen LogP contribution in [-0.2, 0) is 14.4 Å². The molecule has 0 heterocycles. The molecule has 0 aromatic carbocycles. The van der Waals surface area contributed by atoms with E-state index in [1.807, 2.05) is 0 Å². The summed E-state index contributed by atoms with van der Waals surface area (Å²) in [6, 6.07) is 0. The zero-order chi connectivity index (χ0) is 12.4. The zero-order valence-corrected chi connectivity index (χ0v) is 8.81. The van der Waals surface area contributed by atoms with E-state index in [4.69, 9.17) is 10.2 Å². The zero-order valence-electron chi connectivity index (χ0n) is 8.81. The van der Waals surface area contributed by atoms with Crippen LogP contribution >= 0.6 is 0 Å². The molecule has 0 fully saturated rings. The molecule has 0 radical (unpaired) electrons. The van der Waals surface area contributed by atoms with Gasteiger partial charge < -0.3 is 15.5 Å². The molecule has 0 spiro atoms. The first kappa shape index (κ1) is 14.2. The first-order chi connectivity index (χ1) is 7.52. The highest BCUT2D eigenvalue weighted by molar-refractivity contribution is 5.93. The fourth-order valence-corrected chi connectivity index (χ4v) is 0.995. The molecule has 0 aliphatic rings. The number of unbranched alkanes of at least 4 members (excludes halogenated alkanes) is 2. The summed E-state index contributed by atoms with van der Waals surface area (Å²) >= 11 is 0. The van der Waals surface area contributed by atoms with Crippen molar-refractivity contribution in [2.45, 2.75) is 25.7 Å². The lowest BCUT2D eigenvalue weighted by molar-refractivity contribution is -0.137. The molecule has 90 valence electrons. The molecule has 0 rings (SSSR count). The van der Waals surface area contributed by atoms with Crippen LogP contribution in [0.1, 0.15) is 25.7 Å². The van der Waals surface area contributed by atoms with E-state index in [2.05, 4.69) is 5.32 Å². The van der Waals surface area contributed by atoms with Gasteiger partial charge in [0.15, 0.2) is 0 Å². The largest absolute Gasteiger partial charge is 0.481 e. The Morgan fingerprint density at radius 1 is 1.00 bits per heavy atom. The van der Waals surface area contributed by atoms with Crippen LogP contribution in [0.4, 0.5) is 0 Å². The fraction of sp³-hybridized carbons (Fsp3) is 0.500. The van der Waals surface area contributed by atoms with Crippen molar-refractivity contribution >= 4 is 17.8 Å². The number of carboxylic acid groups (broad SMARTS) is 2. The maximum Gasteiger partial charge on any atom is 0.328 e. The number of amides is 1. The van der Waals surface area contributed by atoms with Crippen LogP contribution in [-0.4, -0.2) is 34.6 Å². The van der Waals surface area contributed by atoms with Gasteiger partial charge in [-0.2, -0.15) is 0 Å². The lowest BCUT2D eigenvalue weighted by Gasteiger charge is -2.00. The van der Waals surface area contributed by atoms with Gasteiger partial charge in [0.05, 0.1) is 0 Å². The van der Waals surface area contributed by atoms with Crippen molar-refractivity contribution in [3.63, 3.8) is 0 Å². The first-order valence-electron chi connectivity index (χ1n) is 4.93. The summed E-state index contributed by atoms with van der Waals surface area (Å²) in [6.45, 7) is 0.419. The number of hydrogen-bond acceptors (Lipinski definition) is 3. The maximum atomic E-state index is 10.9. The van der Waals surface area contributed by atoms with Gasteiger partial charge >= 0.3 is 11.9 Å². The Morgan fingerprint density at radius 2 is 1.69 bits per heavy atom. The van der Waals surface area contributed by atoms with Gasteiger partial charge in [-0.1, -0.05) is 6.42 Å². The quantitative estimate of drug-likeness (QED) is 0.412. The van der Waals surface area contributed by atoms with Gasteiger partial charge in [0.2, 0.25) is 5.91 Å². The molecular formula is C10H15NO5. The minimum atomic E-state index is -1.17. The first-order valence-corrected chi connectivity index (χ1v) is 4.93. The molecule has 0 bridgehead atoms. The van der Waals surface area contributed by atoms with Gasteiger partial charge in [-0.05, 0) is 12.8 Å². The Hall–Kier alpha value is -1.85. The van der Waals surface area contributed by atoms with Crippen molar-refractivity contribution in [3.05, 3.63) is 12.2 Å². The van der Waals surface area contributed by atoms with Crippen molar-refractivity contribution in [2.24, 2.45) is 0 Å². The summed E-state index contributed by atoms with van der Waals surface area (Å²) < 4.78 is 0. The Labute approximate surface area is 93.0 Å². The predicted molar refractivity (Wildman–Crippen MR) is 55.9 cm³/mol. The molecule has 6 nitrogen and oxygen atoms in total. The Balaban J connectivity index is 3.41. The Bertz CT molecular complexity index is 285. The Morgan fingerprint density at radius 3 is 2.25 bits per heavy atom. The standard InChI is InChI=1S/C10H15NO5/c12-8(5-6-10(15)16)11-7-3-1-2-4-9(13)14/h5-6H,1-4,7H2,(H,11,12)(H,13,14)(H,15,16)/b6-5-. The van der Waals surface area contributed by atoms with E-state index < -0.39 is 17.8 Å². The molecule has 0 aromatic heterocycles. The third kappa shape index (κ3) is 10.2. The predicted octanol–water partition coefficient (Wildman–Crippen LogP) is 0.388. The smallest absolute Gasteiger partial charge is 0.328 e. The van der Waals surface area contributed by atoms with Gasteiger partial charge in [0.25, 0.3) is 0 Å². The van der Waals surface area contributed by atoms with E-state index in [0.29, 0.717) is 19.4 Å². The van der Waals surface area contributed by atoms with Crippen LogP contribution in [0.2, 0.25) is 0 Å². The average molecular weight is 229 g/mol. The molecule has 0 unspecified atom stereocenters. The summed E-state index contributed by atoms with van der Waals surface area (Å²) in [5, 5.41) is 19.1. The molecule has 0 saturated carbocycles. The van der Waals surface area contributed by atoms with Crippen molar-refractivity contribution in [1.82, 2.24) is 5.32 Å². The molecule has 16 heavy (non-hydrogen) atoms. The molecule has 0 atom stereocenters. The second-order valence-corrected chi connectivity index (χ2v) is 3.17. The van der Waals surface area contributed by atoms with Crippen LogP contribution in [0.15, 0.2) is 12.2 Å². The molecule has 0 aromatic rings. The number of carbonyl (C=O) groups is 3. The van der Waals surface area contributed by atoms with Gasteiger partial charge in [0.1, 0.15) is 0 Å². The lowest BCUT2D eigenvalue weighted by atomic mass is 10.2. The van der Waals surface area contributed by atoms with E-state index in [0.717, 1.165) is 18.6 Å². The third-order valence-electron chi connectivity index (χ3n) is 1.74. The normalized spacial score (nSPS) is 10.2. The number of carbonyl (C=O) groups excluding carboxylic acids is 1. The van der Waals surface area contributed by atoms with E-state index in [1.54, 1.807) is 0 Å². The Kier molecular flexibility index (Phi) is 7.48. The molecule has 1 amide bonds. The minimum absolute atomic E-state index is 0.132. The monoisotopic (exact) mass is 229 g/mol. The molecule has 0 aliphatic heterocycles. The van der Waals surface area contributed by atoms with Crippen LogP contribution in [0, 0.1) is 0 Å².